The van der Waals surface area contributed by atoms with E-state index in [4.69, 9.17) is 0 Å². The summed E-state index contributed by atoms with van der Waals surface area (Å²) in [6.45, 7) is 17.2. The van der Waals surface area contributed by atoms with Crippen LogP contribution in [0.25, 0.3) is 0 Å². The quantitative estimate of drug-likeness (QED) is 0.390. The van der Waals surface area contributed by atoms with Crippen molar-refractivity contribution < 1.29 is 0 Å². The zero-order chi connectivity index (χ0) is 25.3. The predicted molar refractivity (Wildman–Crippen MR) is 158 cm³/mol. The third kappa shape index (κ3) is 4.68. The summed E-state index contributed by atoms with van der Waals surface area (Å²) in [6.07, 6.45) is 19.2. The van der Waals surface area contributed by atoms with Gasteiger partial charge in [0.25, 0.3) is 0 Å². The second-order valence-electron chi connectivity index (χ2n) is 15.9. The summed E-state index contributed by atoms with van der Waals surface area (Å²) in [5, 5.41) is 2.05. The van der Waals surface area contributed by atoms with Crippen LogP contribution in [0.4, 0.5) is 0 Å². The van der Waals surface area contributed by atoms with Gasteiger partial charge in [-0.2, -0.15) is 0 Å². The van der Waals surface area contributed by atoms with E-state index >= 15 is 0 Å². The van der Waals surface area contributed by atoms with E-state index in [0.717, 1.165) is 46.0 Å². The summed E-state index contributed by atoms with van der Waals surface area (Å²) in [5.74, 6) is 5.56. The van der Waals surface area contributed by atoms with E-state index in [9.17, 15) is 0 Å². The third-order valence-corrected chi connectivity index (χ3v) is 15.7. The molecule has 0 amide bonds. The Bertz CT molecular complexity index is 873. The fraction of sp³-hybridized carbons (Fsp3) is 0.824. The molecule has 7 unspecified atom stereocenters. The normalized spacial score (nSPS) is 36.9. The number of rotatable bonds is 3. The second kappa shape index (κ2) is 9.10. The van der Waals surface area contributed by atoms with Gasteiger partial charge in [0.15, 0.2) is 0 Å². The molecule has 1 heteroatoms. The lowest BCUT2D eigenvalue weighted by Gasteiger charge is -2.52. The Morgan fingerprint density at radius 3 is 1.86 bits per heavy atom. The minimum absolute atomic E-state index is 0.208. The van der Waals surface area contributed by atoms with Gasteiger partial charge in [0, 0.05) is 0 Å². The predicted octanol–water partition coefficient (Wildman–Crippen LogP) is 9.83. The largest absolute Gasteiger partial charge is 0.241 e. The van der Waals surface area contributed by atoms with Crippen LogP contribution >= 0.6 is 10.0 Å². The maximum Gasteiger partial charge on any atom is -0.00572 e. The molecule has 35 heavy (non-hydrogen) atoms. The highest BCUT2D eigenvalue weighted by molar-refractivity contribution is 8.33. The maximum atomic E-state index is 2.78. The Morgan fingerprint density at radius 1 is 0.686 bits per heavy atom. The van der Waals surface area contributed by atoms with Gasteiger partial charge in [0.05, 0.1) is 0 Å². The molecule has 4 aliphatic carbocycles. The van der Waals surface area contributed by atoms with Crippen LogP contribution in [-0.2, 0) is 10.8 Å². The van der Waals surface area contributed by atoms with Crippen molar-refractivity contribution in [3.63, 3.8) is 0 Å². The summed E-state index contributed by atoms with van der Waals surface area (Å²) >= 11 is 0. The average molecular weight is 497 g/mol. The van der Waals surface area contributed by atoms with Crippen molar-refractivity contribution >= 4 is 10.0 Å². The highest BCUT2D eigenvalue weighted by atomic mass is 32.3. The smallest absolute Gasteiger partial charge is 0.00572 e. The zero-order valence-electron chi connectivity index (χ0n) is 24.6. The van der Waals surface area contributed by atoms with E-state index in [-0.39, 0.29) is 10.8 Å². The second-order valence-corrected chi connectivity index (χ2v) is 20.0. The van der Waals surface area contributed by atoms with E-state index in [0.29, 0.717) is 0 Å². The highest BCUT2D eigenvalue weighted by Gasteiger charge is 2.56. The molecule has 4 aliphatic rings. The molecule has 0 saturated heterocycles. The first-order chi connectivity index (χ1) is 16.3. The number of hydrogen-bond donors (Lipinski definition) is 0. The van der Waals surface area contributed by atoms with Gasteiger partial charge in [-0.3, -0.25) is 0 Å². The minimum atomic E-state index is -0.555. The van der Waals surface area contributed by atoms with Gasteiger partial charge < -0.3 is 0 Å². The first-order valence-electron chi connectivity index (χ1n) is 15.2. The van der Waals surface area contributed by atoms with Gasteiger partial charge in [0.2, 0.25) is 0 Å². The van der Waals surface area contributed by atoms with Crippen LogP contribution in [0, 0.1) is 29.6 Å². The van der Waals surface area contributed by atoms with Crippen LogP contribution in [-0.4, -0.2) is 23.0 Å². The van der Waals surface area contributed by atoms with Crippen molar-refractivity contribution in [2.45, 2.75) is 134 Å². The fourth-order valence-electron chi connectivity index (χ4n) is 9.60. The van der Waals surface area contributed by atoms with Crippen molar-refractivity contribution in [3.05, 3.63) is 34.9 Å². The lowest BCUT2D eigenvalue weighted by Crippen LogP contribution is -2.40. The van der Waals surface area contributed by atoms with Crippen LogP contribution in [0.2, 0.25) is 0 Å². The van der Waals surface area contributed by atoms with Crippen LogP contribution < -0.4 is 0 Å². The Morgan fingerprint density at radius 2 is 1.29 bits per heavy atom. The Balaban J connectivity index is 1.58. The lowest BCUT2D eigenvalue weighted by molar-refractivity contribution is 0.123. The van der Waals surface area contributed by atoms with E-state index in [1.165, 1.54) is 51.4 Å². The van der Waals surface area contributed by atoms with Crippen LogP contribution in [0.15, 0.2) is 18.2 Å². The molecule has 0 heterocycles. The van der Waals surface area contributed by atoms with E-state index in [2.05, 4.69) is 79.2 Å². The van der Waals surface area contributed by atoms with E-state index < -0.39 is 10.0 Å². The van der Waals surface area contributed by atoms with Gasteiger partial charge >= 0.3 is 0 Å². The van der Waals surface area contributed by atoms with E-state index in [1.54, 1.807) is 23.1 Å². The van der Waals surface area contributed by atoms with Crippen molar-refractivity contribution in [1.82, 2.24) is 0 Å². The first-order valence-corrected chi connectivity index (χ1v) is 17.7. The standard InChI is InChI=1S/C34H56S/c1-22-17-29-30(32(22)35(8,9)27-14-10-11-15-27)20-23-13-12-16-28(23)31(29)24-18-25(33(2,3)4)21-26(19-24)34(5,6)7/h18-19,21-23,27-32H,10-17,20H2,1-9H3. The molecule has 4 fully saturated rings. The average Bonchev–Trinajstić information content (AvgIpc) is 3.49. The van der Waals surface area contributed by atoms with Gasteiger partial charge in [-0.1, -0.05) is 92.3 Å². The molecular weight excluding hydrogens is 440 g/mol. The Hall–Kier alpha value is -0.430. The molecule has 7 atom stereocenters. The number of fused-ring (bicyclic) bond motifs is 2. The molecule has 1 aromatic rings. The summed E-state index contributed by atoms with van der Waals surface area (Å²) in [7, 11) is -0.555. The SMILES string of the molecule is CC1CC2C(CC3CCCC3C2c2cc(C(C)(C)C)cc(C(C)(C)C)c2)C1S(C)(C)C1CCCC1. The zero-order valence-corrected chi connectivity index (χ0v) is 25.4. The van der Waals surface area contributed by atoms with Gasteiger partial charge in [-0.05, 0) is 118 Å². The van der Waals surface area contributed by atoms with Crippen LogP contribution in [0.3, 0.4) is 0 Å². The molecule has 1 aromatic carbocycles. The molecule has 0 nitrogen and oxygen atoms in total. The third-order valence-electron chi connectivity index (χ3n) is 11.3. The summed E-state index contributed by atoms with van der Waals surface area (Å²) < 4.78 is 0. The molecule has 0 aliphatic heterocycles. The number of benzene rings is 1. The van der Waals surface area contributed by atoms with Crippen molar-refractivity contribution in [2.24, 2.45) is 29.6 Å². The van der Waals surface area contributed by atoms with Crippen molar-refractivity contribution in [2.75, 3.05) is 12.5 Å². The van der Waals surface area contributed by atoms with Crippen LogP contribution in [0.1, 0.15) is 129 Å². The molecule has 5 rings (SSSR count). The molecule has 4 saturated carbocycles. The summed E-state index contributed by atoms with van der Waals surface area (Å²) in [4.78, 5) is 0. The molecule has 198 valence electrons. The van der Waals surface area contributed by atoms with Gasteiger partial charge in [-0.25, -0.2) is 10.0 Å². The molecule has 0 radical (unpaired) electrons. The molecule has 0 aromatic heterocycles. The minimum Gasteiger partial charge on any atom is -0.241 e. The molecule has 0 N–H and O–H groups in total. The van der Waals surface area contributed by atoms with Gasteiger partial charge in [0.1, 0.15) is 0 Å². The molecular formula is C34H56S. The number of hydrogen-bond acceptors (Lipinski definition) is 0. The van der Waals surface area contributed by atoms with Crippen LogP contribution in [0.5, 0.6) is 0 Å². The fourth-order valence-corrected chi connectivity index (χ4v) is 14.1. The monoisotopic (exact) mass is 496 g/mol. The first kappa shape index (κ1) is 26.2. The van der Waals surface area contributed by atoms with Crippen molar-refractivity contribution in [1.29, 1.82) is 0 Å². The molecule has 0 bridgehead atoms. The highest BCUT2D eigenvalue weighted by Crippen LogP contribution is 2.69. The summed E-state index contributed by atoms with van der Waals surface area (Å²) in [6, 6.07) is 7.92. The molecule has 0 spiro atoms. The van der Waals surface area contributed by atoms with Crippen molar-refractivity contribution in [3.8, 4) is 0 Å². The van der Waals surface area contributed by atoms with E-state index in [1.807, 2.05) is 0 Å². The topological polar surface area (TPSA) is 0 Å². The van der Waals surface area contributed by atoms with Gasteiger partial charge in [-0.15, -0.1) is 0 Å². The Kier molecular flexibility index (Phi) is 6.81. The lowest BCUT2D eigenvalue weighted by atomic mass is 9.61. The maximum absolute atomic E-state index is 2.78. The Labute approximate surface area is 220 Å². The summed E-state index contributed by atoms with van der Waals surface area (Å²) in [5.41, 5.74) is 5.28.